The fourth-order valence-corrected chi connectivity index (χ4v) is 3.66. The molecular formula is C14H21N5O3S2. The summed E-state index contributed by atoms with van der Waals surface area (Å²) in [5.74, 6) is 2.83. The van der Waals surface area contributed by atoms with Gasteiger partial charge >= 0.3 is 5.91 Å². The molecule has 0 aliphatic carbocycles. The number of nitrogens with zero attached hydrogens (tertiary/aromatic N) is 2. The maximum Gasteiger partial charge on any atom is 0.306 e. The summed E-state index contributed by atoms with van der Waals surface area (Å²) >= 11 is 1.68. The van der Waals surface area contributed by atoms with Crippen LogP contribution in [0.5, 0.6) is 0 Å². The number of carbonyl (C=O) groups excluding carboxylic acids is 1. The topological polar surface area (TPSA) is 133 Å². The van der Waals surface area contributed by atoms with E-state index in [1.165, 1.54) is 0 Å². The highest BCUT2D eigenvalue weighted by atomic mass is 32.2. The van der Waals surface area contributed by atoms with E-state index in [0.717, 1.165) is 29.6 Å². The summed E-state index contributed by atoms with van der Waals surface area (Å²) in [4.78, 5) is 13.0. The minimum atomic E-state index is -1.81. The van der Waals surface area contributed by atoms with Gasteiger partial charge in [-0.2, -0.15) is 11.8 Å². The molecule has 1 unspecified atom stereocenters. The second-order valence-corrected chi connectivity index (χ2v) is 7.58. The normalized spacial score (nSPS) is 11.9. The highest BCUT2D eigenvalue weighted by molar-refractivity contribution is 7.98. The van der Waals surface area contributed by atoms with Crippen molar-refractivity contribution < 1.29 is 13.8 Å². The van der Waals surface area contributed by atoms with Crippen LogP contribution in [0.3, 0.4) is 0 Å². The Labute approximate surface area is 147 Å². The van der Waals surface area contributed by atoms with Crippen LogP contribution in [0.1, 0.15) is 21.2 Å². The van der Waals surface area contributed by atoms with Crippen LogP contribution in [-0.2, 0) is 12.3 Å². The summed E-state index contributed by atoms with van der Waals surface area (Å²) < 4.78 is 21.1. The number of furan rings is 1. The van der Waals surface area contributed by atoms with E-state index in [0.29, 0.717) is 6.54 Å². The first-order valence-electron chi connectivity index (χ1n) is 7.23. The Morgan fingerprint density at radius 2 is 2.17 bits per heavy atom. The smallest absolute Gasteiger partial charge is 0.306 e. The number of nitrogens with two attached hydrogens (primary N) is 2. The third kappa shape index (κ3) is 4.87. The Balaban J connectivity index is 1.75. The van der Waals surface area contributed by atoms with Crippen molar-refractivity contribution in [2.45, 2.75) is 12.3 Å². The highest BCUT2D eigenvalue weighted by Crippen LogP contribution is 2.31. The first kappa shape index (κ1) is 18.6. The first-order valence-corrected chi connectivity index (χ1v) is 9.49. The van der Waals surface area contributed by atoms with E-state index in [9.17, 15) is 9.35 Å². The summed E-state index contributed by atoms with van der Waals surface area (Å²) in [6.07, 6.45) is 0. The monoisotopic (exact) mass is 371 g/mol. The molecule has 0 saturated heterocycles. The quantitative estimate of drug-likeness (QED) is 0.446. The molecule has 0 spiro atoms. The molecule has 0 aliphatic rings. The molecule has 2 rings (SSSR count). The second kappa shape index (κ2) is 8.38. The zero-order valence-electron chi connectivity index (χ0n) is 13.6. The average molecular weight is 371 g/mol. The van der Waals surface area contributed by atoms with Gasteiger partial charge in [0, 0.05) is 12.3 Å². The second-order valence-electron chi connectivity index (χ2n) is 5.38. The molecule has 1 amide bonds. The van der Waals surface area contributed by atoms with Gasteiger partial charge in [-0.25, -0.2) is 0 Å². The number of nitrogens with one attached hydrogen (secondary N) is 1. The lowest BCUT2D eigenvalue weighted by Gasteiger charge is -2.05. The molecule has 0 aliphatic heterocycles. The Bertz CT molecular complexity index is 699. The molecule has 2 heterocycles. The van der Waals surface area contributed by atoms with Crippen molar-refractivity contribution in [2.24, 2.45) is 5.73 Å². The number of primary amides is 1. The van der Waals surface area contributed by atoms with E-state index in [4.69, 9.17) is 15.9 Å². The van der Waals surface area contributed by atoms with Crippen molar-refractivity contribution in [1.82, 2.24) is 9.27 Å². The van der Waals surface area contributed by atoms with E-state index >= 15 is 0 Å². The largest absolute Gasteiger partial charge is 0.568 e. The van der Waals surface area contributed by atoms with Gasteiger partial charge in [0.05, 0.1) is 23.2 Å². The van der Waals surface area contributed by atoms with Gasteiger partial charge in [0.1, 0.15) is 17.2 Å². The molecule has 0 bridgehead atoms. The lowest BCUT2D eigenvalue weighted by molar-refractivity contribution is 0.100. The van der Waals surface area contributed by atoms with E-state index < -0.39 is 16.9 Å². The molecule has 8 nitrogen and oxygen atoms in total. The molecule has 0 aromatic carbocycles. The number of amides is 1. The number of hydrogen-bond donors (Lipinski definition) is 3. The highest BCUT2D eigenvalue weighted by Gasteiger charge is 2.25. The van der Waals surface area contributed by atoms with Crippen LogP contribution >= 0.6 is 22.7 Å². The van der Waals surface area contributed by atoms with Gasteiger partial charge in [-0.15, -0.1) is 0 Å². The number of thioether (sulfide) groups is 1. The minimum Gasteiger partial charge on any atom is -0.568 e. The molecule has 0 radical (unpaired) electrons. The number of anilines is 2. The molecule has 2 aromatic rings. The maximum absolute atomic E-state index is 11.6. The van der Waals surface area contributed by atoms with Crippen LogP contribution in [0.15, 0.2) is 16.5 Å². The lowest BCUT2D eigenvalue weighted by Crippen LogP contribution is -2.12. The lowest BCUT2D eigenvalue weighted by atomic mass is 10.4. The van der Waals surface area contributed by atoms with Crippen LogP contribution in [0.2, 0.25) is 0 Å². The predicted molar refractivity (Wildman–Crippen MR) is 96.6 cm³/mol. The standard InChI is InChI=1S/C14H21N5O3S2/c1-19(2)7-9-3-4-10(22-9)8-23-6-5-17-14-11(15)12(13(16)20)24(21)18-14/h3-4H,5-8,15H2,1-2H3,(H2,16,20)(H,17,18). The third-order valence-electron chi connectivity index (χ3n) is 3.04. The third-order valence-corrected chi connectivity index (χ3v) is 5.15. The van der Waals surface area contributed by atoms with Crippen molar-refractivity contribution in [3.05, 3.63) is 28.5 Å². The van der Waals surface area contributed by atoms with Gasteiger partial charge < -0.3 is 30.7 Å². The summed E-state index contributed by atoms with van der Waals surface area (Å²) in [6, 6.07) is 3.96. The maximum atomic E-state index is 11.6. The Morgan fingerprint density at radius 3 is 2.79 bits per heavy atom. The zero-order chi connectivity index (χ0) is 17.7. The molecule has 2 aromatic heterocycles. The van der Waals surface area contributed by atoms with Gasteiger partial charge in [0.15, 0.2) is 0 Å². The number of rotatable bonds is 9. The summed E-state index contributed by atoms with van der Waals surface area (Å²) in [5.41, 5.74) is 10.9. The molecule has 0 fully saturated rings. The minimum absolute atomic E-state index is 0.0604. The Morgan fingerprint density at radius 1 is 1.46 bits per heavy atom. The van der Waals surface area contributed by atoms with Gasteiger partial charge in [-0.3, -0.25) is 4.79 Å². The van der Waals surface area contributed by atoms with E-state index in [1.54, 1.807) is 11.8 Å². The number of carbonyl (C=O) groups is 1. The van der Waals surface area contributed by atoms with Gasteiger partial charge in [-0.1, -0.05) is 0 Å². The number of hydrogen-bond acceptors (Lipinski definition) is 8. The zero-order valence-corrected chi connectivity index (χ0v) is 15.2. The van der Waals surface area contributed by atoms with Gasteiger partial charge in [0.2, 0.25) is 5.82 Å². The van der Waals surface area contributed by atoms with Crippen LogP contribution in [0, 0.1) is 0 Å². The average Bonchev–Trinajstić information content (AvgIpc) is 3.02. The van der Waals surface area contributed by atoms with Crippen LogP contribution < -0.4 is 16.8 Å². The van der Waals surface area contributed by atoms with Gasteiger partial charge in [0.25, 0.3) is 4.88 Å². The molecular weight excluding hydrogens is 350 g/mol. The Kier molecular flexibility index (Phi) is 6.49. The molecule has 5 N–H and O–H groups in total. The predicted octanol–water partition coefficient (Wildman–Crippen LogP) is 1.49. The summed E-state index contributed by atoms with van der Waals surface area (Å²) in [6.45, 7) is 1.34. The summed E-state index contributed by atoms with van der Waals surface area (Å²) in [7, 11) is 2.17. The fraction of sp³-hybridized carbons (Fsp3) is 0.429. The van der Waals surface area contributed by atoms with Crippen molar-refractivity contribution >= 4 is 40.1 Å². The van der Waals surface area contributed by atoms with Gasteiger partial charge in [-0.05, 0) is 30.6 Å². The van der Waals surface area contributed by atoms with Crippen molar-refractivity contribution in [1.29, 1.82) is 0 Å². The van der Waals surface area contributed by atoms with E-state index in [1.807, 2.05) is 31.1 Å². The molecule has 0 saturated carbocycles. The van der Waals surface area contributed by atoms with Crippen LogP contribution in [-0.4, -0.2) is 46.1 Å². The van der Waals surface area contributed by atoms with E-state index in [-0.39, 0.29) is 16.4 Å². The molecule has 132 valence electrons. The first-order chi connectivity index (χ1) is 11.4. The van der Waals surface area contributed by atoms with Crippen molar-refractivity contribution in [3.63, 3.8) is 0 Å². The van der Waals surface area contributed by atoms with Crippen LogP contribution in [0.25, 0.3) is 0 Å². The summed E-state index contributed by atoms with van der Waals surface area (Å²) in [5, 5.41) is 2.97. The molecule has 24 heavy (non-hydrogen) atoms. The van der Waals surface area contributed by atoms with Crippen LogP contribution in [0.4, 0.5) is 11.5 Å². The fourth-order valence-electron chi connectivity index (χ4n) is 2.04. The Hall–Kier alpha value is -1.75. The number of aromatic nitrogens is 1. The SMILES string of the molecule is CN(C)Cc1ccc(CSCCNc2n[s+]([O-])c(C(N)=O)c2N)o1. The molecule has 10 heteroatoms. The van der Waals surface area contributed by atoms with E-state index in [2.05, 4.69) is 9.69 Å². The van der Waals surface area contributed by atoms with Crippen molar-refractivity contribution in [3.8, 4) is 0 Å². The molecule has 1 atom stereocenters. The van der Waals surface area contributed by atoms with Crippen molar-refractivity contribution in [2.75, 3.05) is 37.4 Å². The number of nitrogen functional groups attached to an aromatic ring is 1.